The van der Waals surface area contributed by atoms with Crippen molar-refractivity contribution in [3.05, 3.63) is 33.4 Å². The first-order valence-corrected chi connectivity index (χ1v) is 7.88. The normalized spacial score (nSPS) is 17.4. The molecule has 0 saturated carbocycles. The van der Waals surface area contributed by atoms with Gasteiger partial charge in [-0.1, -0.05) is 0 Å². The lowest BCUT2D eigenvalue weighted by Gasteiger charge is -2.21. The fourth-order valence-electron chi connectivity index (χ4n) is 3.14. The van der Waals surface area contributed by atoms with E-state index in [1.165, 1.54) is 11.5 Å². The third-order valence-corrected chi connectivity index (χ3v) is 4.44. The van der Waals surface area contributed by atoms with Gasteiger partial charge in [0.1, 0.15) is 17.9 Å². The minimum absolute atomic E-state index is 0.00109. The van der Waals surface area contributed by atoms with E-state index >= 15 is 0 Å². The standard InChI is InChI=1S/C16H18F2N4O3/c1-8-11-13(23)10(16(24)25)7-22(5-3-17)14(11)20-15(12(8)18)21-4-2-9(19)6-21/h7,9H,2-6,19H2,1H3,(H,24,25)/t9-/m0/s1. The highest BCUT2D eigenvalue weighted by atomic mass is 19.1. The van der Waals surface area contributed by atoms with E-state index in [0.29, 0.717) is 19.5 Å². The van der Waals surface area contributed by atoms with Gasteiger partial charge in [-0.2, -0.15) is 0 Å². The van der Waals surface area contributed by atoms with Crippen molar-refractivity contribution in [1.29, 1.82) is 0 Å². The first-order chi connectivity index (χ1) is 11.8. The van der Waals surface area contributed by atoms with Crippen LogP contribution in [-0.2, 0) is 6.54 Å². The summed E-state index contributed by atoms with van der Waals surface area (Å²) in [7, 11) is 0. The Morgan fingerprint density at radius 3 is 2.80 bits per heavy atom. The summed E-state index contributed by atoms with van der Waals surface area (Å²) in [6.07, 6.45) is 1.74. The monoisotopic (exact) mass is 352 g/mol. The lowest BCUT2D eigenvalue weighted by Crippen LogP contribution is -2.29. The Bertz CT molecular complexity index is 913. The topological polar surface area (TPSA) is 101 Å². The predicted molar refractivity (Wildman–Crippen MR) is 88.4 cm³/mol. The Labute approximate surface area is 141 Å². The minimum atomic E-state index is -1.45. The molecule has 1 atom stereocenters. The summed E-state index contributed by atoms with van der Waals surface area (Å²) in [5, 5.41) is 9.05. The lowest BCUT2D eigenvalue weighted by molar-refractivity contribution is 0.0694. The maximum absolute atomic E-state index is 14.8. The summed E-state index contributed by atoms with van der Waals surface area (Å²) in [6.45, 7) is 1.38. The molecule has 134 valence electrons. The van der Waals surface area contributed by atoms with Crippen molar-refractivity contribution in [2.45, 2.75) is 25.9 Å². The van der Waals surface area contributed by atoms with Crippen LogP contribution in [0.4, 0.5) is 14.6 Å². The molecule has 1 aliphatic rings. The molecule has 7 nitrogen and oxygen atoms in total. The largest absolute Gasteiger partial charge is 0.477 e. The van der Waals surface area contributed by atoms with Gasteiger partial charge in [-0.3, -0.25) is 4.79 Å². The fraction of sp³-hybridized carbons (Fsp3) is 0.438. The summed E-state index contributed by atoms with van der Waals surface area (Å²) in [5.41, 5.74) is 4.56. The first kappa shape index (κ1) is 17.3. The van der Waals surface area contributed by atoms with E-state index in [9.17, 15) is 23.5 Å². The van der Waals surface area contributed by atoms with Gasteiger partial charge in [-0.25, -0.2) is 18.6 Å². The highest BCUT2D eigenvalue weighted by Gasteiger charge is 2.27. The molecule has 25 heavy (non-hydrogen) atoms. The van der Waals surface area contributed by atoms with Crippen LogP contribution in [0.1, 0.15) is 22.3 Å². The van der Waals surface area contributed by atoms with Gasteiger partial charge >= 0.3 is 5.97 Å². The number of hydrogen-bond donors (Lipinski definition) is 2. The van der Waals surface area contributed by atoms with Crippen LogP contribution < -0.4 is 16.1 Å². The number of hydrogen-bond acceptors (Lipinski definition) is 5. The molecule has 3 heterocycles. The zero-order chi connectivity index (χ0) is 18.3. The third-order valence-electron chi connectivity index (χ3n) is 4.44. The van der Waals surface area contributed by atoms with Crippen LogP contribution in [0.5, 0.6) is 0 Å². The number of aromatic nitrogens is 2. The Morgan fingerprint density at radius 1 is 1.52 bits per heavy atom. The van der Waals surface area contributed by atoms with E-state index in [1.807, 2.05) is 0 Å². The molecule has 0 aliphatic carbocycles. The summed E-state index contributed by atoms with van der Waals surface area (Å²) < 4.78 is 29.0. The molecule has 2 aromatic rings. The van der Waals surface area contributed by atoms with Crippen LogP contribution in [-0.4, -0.2) is 46.4 Å². The first-order valence-electron chi connectivity index (χ1n) is 7.88. The van der Waals surface area contributed by atoms with Crippen molar-refractivity contribution >= 4 is 22.8 Å². The Morgan fingerprint density at radius 2 is 2.24 bits per heavy atom. The molecule has 1 aliphatic heterocycles. The highest BCUT2D eigenvalue weighted by molar-refractivity contribution is 5.93. The maximum atomic E-state index is 14.8. The molecule has 1 saturated heterocycles. The number of fused-ring (bicyclic) bond motifs is 1. The van der Waals surface area contributed by atoms with E-state index in [1.54, 1.807) is 4.90 Å². The van der Waals surface area contributed by atoms with Gasteiger partial charge in [0.2, 0.25) is 5.43 Å². The Balaban J connectivity index is 2.33. The molecule has 2 aromatic heterocycles. The number of carbonyl (C=O) groups is 1. The van der Waals surface area contributed by atoms with Gasteiger partial charge in [-0.15, -0.1) is 0 Å². The smallest absolute Gasteiger partial charge is 0.341 e. The number of nitrogens with zero attached hydrogens (tertiary/aromatic N) is 3. The number of halogens is 2. The molecule has 9 heteroatoms. The van der Waals surface area contributed by atoms with Crippen LogP contribution >= 0.6 is 0 Å². The molecule has 3 rings (SSSR count). The van der Waals surface area contributed by atoms with Crippen molar-refractivity contribution in [3.8, 4) is 0 Å². The SMILES string of the molecule is Cc1c(F)c(N2CC[C@H](N)C2)nc2c1c(=O)c(C(=O)O)cn2CCF. The van der Waals surface area contributed by atoms with Crippen molar-refractivity contribution < 1.29 is 18.7 Å². The predicted octanol–water partition coefficient (Wildman–Crippen LogP) is 1.05. The van der Waals surface area contributed by atoms with Gasteiger partial charge in [-0.05, 0) is 13.3 Å². The van der Waals surface area contributed by atoms with Crippen molar-refractivity contribution in [2.24, 2.45) is 5.73 Å². The summed E-state index contributed by atoms with van der Waals surface area (Å²) in [4.78, 5) is 29.7. The van der Waals surface area contributed by atoms with Gasteiger partial charge < -0.3 is 20.3 Å². The number of alkyl halides is 1. The molecule has 0 aromatic carbocycles. The Hall–Kier alpha value is -2.55. The highest BCUT2D eigenvalue weighted by Crippen LogP contribution is 2.28. The van der Waals surface area contributed by atoms with E-state index in [0.717, 1.165) is 6.20 Å². The average molecular weight is 352 g/mol. The molecule has 3 N–H and O–H groups in total. The van der Waals surface area contributed by atoms with Crippen molar-refractivity contribution in [3.63, 3.8) is 0 Å². The third kappa shape index (κ3) is 2.84. The number of rotatable bonds is 4. The molecule has 0 amide bonds. The average Bonchev–Trinajstić information content (AvgIpc) is 2.98. The number of nitrogens with two attached hydrogens (primary N) is 1. The van der Waals surface area contributed by atoms with E-state index in [-0.39, 0.29) is 35.0 Å². The second-order valence-electron chi connectivity index (χ2n) is 6.13. The van der Waals surface area contributed by atoms with Gasteiger partial charge in [0, 0.05) is 30.9 Å². The molecular weight excluding hydrogens is 334 g/mol. The van der Waals surface area contributed by atoms with Gasteiger partial charge in [0.25, 0.3) is 0 Å². The summed E-state index contributed by atoms with van der Waals surface area (Å²) >= 11 is 0. The number of carboxylic acids is 1. The van der Waals surface area contributed by atoms with Crippen LogP contribution in [0.25, 0.3) is 11.0 Å². The van der Waals surface area contributed by atoms with Gasteiger partial charge in [0.15, 0.2) is 11.6 Å². The summed E-state index contributed by atoms with van der Waals surface area (Å²) in [6, 6.07) is -0.0976. The lowest BCUT2D eigenvalue weighted by atomic mass is 10.1. The van der Waals surface area contributed by atoms with E-state index < -0.39 is 29.5 Å². The van der Waals surface area contributed by atoms with Crippen LogP contribution in [0.3, 0.4) is 0 Å². The number of carboxylic acid groups (broad SMARTS) is 1. The fourth-order valence-corrected chi connectivity index (χ4v) is 3.14. The Kier molecular flexibility index (Phi) is 4.42. The summed E-state index contributed by atoms with van der Waals surface area (Å²) in [5.74, 6) is -2.09. The molecule has 0 unspecified atom stereocenters. The van der Waals surface area contributed by atoms with E-state index in [4.69, 9.17) is 5.73 Å². The van der Waals surface area contributed by atoms with Crippen LogP contribution in [0, 0.1) is 12.7 Å². The zero-order valence-electron chi connectivity index (χ0n) is 13.6. The molecule has 1 fully saturated rings. The van der Waals surface area contributed by atoms with Gasteiger partial charge in [0.05, 0.1) is 11.9 Å². The number of aryl methyl sites for hydroxylation is 2. The number of anilines is 1. The van der Waals surface area contributed by atoms with Crippen molar-refractivity contribution in [2.75, 3.05) is 24.7 Å². The molecule has 0 radical (unpaired) electrons. The second kappa shape index (κ2) is 6.40. The second-order valence-corrected chi connectivity index (χ2v) is 6.13. The van der Waals surface area contributed by atoms with E-state index in [2.05, 4.69) is 4.98 Å². The quantitative estimate of drug-likeness (QED) is 0.853. The number of aromatic carboxylic acids is 1. The molecule has 0 bridgehead atoms. The maximum Gasteiger partial charge on any atom is 0.341 e. The minimum Gasteiger partial charge on any atom is -0.477 e. The van der Waals surface area contributed by atoms with Crippen LogP contribution in [0.2, 0.25) is 0 Å². The zero-order valence-corrected chi connectivity index (χ0v) is 13.6. The number of pyridine rings is 2. The molecular formula is C16H18F2N4O3. The van der Waals surface area contributed by atoms with Crippen LogP contribution in [0.15, 0.2) is 11.0 Å². The molecule has 0 spiro atoms. The van der Waals surface area contributed by atoms with Crippen molar-refractivity contribution in [1.82, 2.24) is 9.55 Å².